The Hall–Kier alpha value is -3.13. The zero-order valence-corrected chi connectivity index (χ0v) is 16.7. The Morgan fingerprint density at radius 3 is 2.68 bits per heavy atom. The van der Waals surface area contributed by atoms with Gasteiger partial charge in [-0.05, 0) is 31.2 Å². The molecule has 0 saturated carbocycles. The number of ether oxygens (including phenoxy) is 3. The molecule has 0 aliphatic heterocycles. The maximum absolute atomic E-state index is 12.3. The molecule has 0 aliphatic carbocycles. The van der Waals surface area contributed by atoms with Crippen molar-refractivity contribution in [1.82, 2.24) is 9.97 Å². The first-order chi connectivity index (χ1) is 13.6. The first-order valence-corrected chi connectivity index (χ1v) is 9.46. The molecule has 0 saturated heterocycles. The van der Waals surface area contributed by atoms with Crippen LogP contribution in [0.3, 0.4) is 0 Å². The van der Waals surface area contributed by atoms with E-state index in [0.29, 0.717) is 35.2 Å². The van der Waals surface area contributed by atoms with Crippen LogP contribution in [0.25, 0.3) is 0 Å². The fraction of sp³-hybridized carbons (Fsp3) is 0.250. The lowest BCUT2D eigenvalue weighted by atomic mass is 10.2. The van der Waals surface area contributed by atoms with Gasteiger partial charge < -0.3 is 19.5 Å². The predicted molar refractivity (Wildman–Crippen MR) is 107 cm³/mol. The second-order valence-corrected chi connectivity index (χ2v) is 6.89. The number of carbonyl (C=O) groups excluding carboxylic acids is 1. The lowest BCUT2D eigenvalue weighted by Crippen LogP contribution is -2.14. The second kappa shape index (κ2) is 9.18. The summed E-state index contributed by atoms with van der Waals surface area (Å²) >= 11 is 1.46. The van der Waals surface area contributed by atoms with Crippen molar-refractivity contribution in [3.05, 3.63) is 58.3 Å². The highest BCUT2D eigenvalue weighted by molar-refractivity contribution is 7.09. The largest absolute Gasteiger partial charge is 0.493 e. The van der Waals surface area contributed by atoms with Gasteiger partial charge in [-0.3, -0.25) is 9.78 Å². The number of hydrogen-bond acceptors (Lipinski definition) is 7. The predicted octanol–water partition coefficient (Wildman–Crippen LogP) is 3.62. The Balaban J connectivity index is 1.54. The van der Waals surface area contributed by atoms with Gasteiger partial charge >= 0.3 is 0 Å². The summed E-state index contributed by atoms with van der Waals surface area (Å²) in [5.41, 5.74) is 2.27. The number of amides is 1. The molecule has 1 N–H and O–H groups in total. The van der Waals surface area contributed by atoms with Crippen molar-refractivity contribution in [2.24, 2.45) is 0 Å². The number of methoxy groups -OCH3 is 2. The minimum Gasteiger partial charge on any atom is -0.493 e. The van der Waals surface area contributed by atoms with Crippen molar-refractivity contribution < 1.29 is 19.0 Å². The van der Waals surface area contributed by atoms with Crippen LogP contribution in [0.2, 0.25) is 0 Å². The molecule has 0 spiro atoms. The molecule has 1 aromatic carbocycles. The van der Waals surface area contributed by atoms with Crippen LogP contribution in [0.1, 0.15) is 16.4 Å². The number of hydrogen-bond donors (Lipinski definition) is 1. The summed E-state index contributed by atoms with van der Waals surface area (Å²) in [6.45, 7) is 2.26. The van der Waals surface area contributed by atoms with Gasteiger partial charge in [0, 0.05) is 22.8 Å². The summed E-state index contributed by atoms with van der Waals surface area (Å²) in [7, 11) is 3.12. The minimum absolute atomic E-state index is 0.160. The van der Waals surface area contributed by atoms with E-state index < -0.39 is 0 Å². The fourth-order valence-corrected chi connectivity index (χ4v) is 3.17. The van der Waals surface area contributed by atoms with Crippen molar-refractivity contribution in [3.8, 4) is 17.2 Å². The third-order valence-electron chi connectivity index (χ3n) is 3.85. The molecule has 3 rings (SSSR count). The van der Waals surface area contributed by atoms with Crippen LogP contribution in [0.15, 0.2) is 41.9 Å². The molecule has 3 aromatic rings. The number of anilines is 1. The van der Waals surface area contributed by atoms with Crippen LogP contribution in [0, 0.1) is 6.92 Å². The van der Waals surface area contributed by atoms with Crippen molar-refractivity contribution in [1.29, 1.82) is 0 Å². The number of aryl methyl sites for hydroxylation is 1. The molecule has 146 valence electrons. The van der Waals surface area contributed by atoms with Gasteiger partial charge in [0.05, 0.1) is 32.5 Å². The van der Waals surface area contributed by atoms with Gasteiger partial charge in [0.2, 0.25) is 5.91 Å². The molecule has 0 radical (unpaired) electrons. The molecule has 0 bridgehead atoms. The van der Waals surface area contributed by atoms with Gasteiger partial charge in [-0.1, -0.05) is 0 Å². The molecule has 28 heavy (non-hydrogen) atoms. The summed E-state index contributed by atoms with van der Waals surface area (Å²) in [5, 5.41) is 5.50. The number of nitrogens with one attached hydrogen (secondary N) is 1. The quantitative estimate of drug-likeness (QED) is 0.623. The number of pyridine rings is 1. The lowest BCUT2D eigenvalue weighted by molar-refractivity contribution is -0.115. The molecule has 8 heteroatoms. The Morgan fingerprint density at radius 2 is 1.96 bits per heavy atom. The van der Waals surface area contributed by atoms with E-state index in [1.165, 1.54) is 11.3 Å². The minimum atomic E-state index is -0.160. The van der Waals surface area contributed by atoms with Crippen molar-refractivity contribution in [2.75, 3.05) is 19.5 Å². The van der Waals surface area contributed by atoms with E-state index >= 15 is 0 Å². The molecule has 0 fully saturated rings. The van der Waals surface area contributed by atoms with E-state index in [-0.39, 0.29) is 12.3 Å². The monoisotopic (exact) mass is 399 g/mol. The molecule has 0 aliphatic rings. The zero-order valence-electron chi connectivity index (χ0n) is 15.9. The maximum Gasteiger partial charge on any atom is 0.230 e. The Labute approximate surface area is 167 Å². The highest BCUT2D eigenvalue weighted by Crippen LogP contribution is 2.29. The molecule has 7 nitrogen and oxygen atoms in total. The smallest absolute Gasteiger partial charge is 0.230 e. The molecule has 1 amide bonds. The van der Waals surface area contributed by atoms with E-state index in [0.717, 1.165) is 10.7 Å². The highest BCUT2D eigenvalue weighted by atomic mass is 32.1. The third kappa shape index (κ3) is 5.20. The van der Waals surface area contributed by atoms with E-state index in [1.54, 1.807) is 38.6 Å². The van der Waals surface area contributed by atoms with E-state index in [9.17, 15) is 4.79 Å². The van der Waals surface area contributed by atoms with Gasteiger partial charge in [-0.15, -0.1) is 11.3 Å². The van der Waals surface area contributed by atoms with Gasteiger partial charge in [0.25, 0.3) is 0 Å². The lowest BCUT2D eigenvalue weighted by Gasteiger charge is -2.10. The number of rotatable bonds is 8. The average Bonchev–Trinajstić information content (AvgIpc) is 3.14. The Kier molecular flexibility index (Phi) is 6.44. The van der Waals surface area contributed by atoms with Crippen LogP contribution in [-0.2, 0) is 17.8 Å². The first-order valence-electron chi connectivity index (χ1n) is 8.58. The molecular formula is C20H21N3O4S. The number of nitrogens with zero attached hydrogens (tertiary/aromatic N) is 2. The normalized spacial score (nSPS) is 10.4. The number of thiazole rings is 1. The van der Waals surface area contributed by atoms with Crippen LogP contribution in [-0.4, -0.2) is 30.1 Å². The summed E-state index contributed by atoms with van der Waals surface area (Å²) in [4.78, 5) is 20.9. The Morgan fingerprint density at radius 1 is 1.14 bits per heavy atom. The van der Waals surface area contributed by atoms with Gasteiger partial charge in [-0.2, -0.15) is 0 Å². The van der Waals surface area contributed by atoms with Crippen LogP contribution < -0.4 is 19.5 Å². The topological polar surface area (TPSA) is 82.6 Å². The fourth-order valence-electron chi connectivity index (χ4n) is 2.46. The average molecular weight is 399 g/mol. The molecule has 2 heterocycles. The highest BCUT2D eigenvalue weighted by Gasteiger charge is 2.11. The van der Waals surface area contributed by atoms with Gasteiger partial charge in [-0.25, -0.2) is 4.98 Å². The van der Waals surface area contributed by atoms with Crippen molar-refractivity contribution in [3.63, 3.8) is 0 Å². The van der Waals surface area contributed by atoms with E-state index in [1.807, 2.05) is 24.4 Å². The first kappa shape index (κ1) is 19.6. The van der Waals surface area contributed by atoms with Crippen molar-refractivity contribution in [2.45, 2.75) is 20.0 Å². The number of benzene rings is 1. The standard InChI is InChI=1S/C20H21N3O4S/c1-13-4-6-16(10-21-13)27-11-20-23-15(12-28-20)9-19(24)22-14-5-7-17(25-2)18(8-14)26-3/h4-8,10,12H,9,11H2,1-3H3,(H,22,24). The van der Waals surface area contributed by atoms with Gasteiger partial charge in [0.15, 0.2) is 11.5 Å². The van der Waals surface area contributed by atoms with Crippen LogP contribution >= 0.6 is 11.3 Å². The van der Waals surface area contributed by atoms with Crippen LogP contribution in [0.5, 0.6) is 17.2 Å². The Bertz CT molecular complexity index is 941. The second-order valence-electron chi connectivity index (χ2n) is 5.95. The zero-order chi connectivity index (χ0) is 19.9. The van der Waals surface area contributed by atoms with Crippen LogP contribution in [0.4, 0.5) is 5.69 Å². The molecule has 0 unspecified atom stereocenters. The summed E-state index contributed by atoms with van der Waals surface area (Å²) in [6.07, 6.45) is 1.86. The molecule has 2 aromatic heterocycles. The third-order valence-corrected chi connectivity index (χ3v) is 4.73. The summed E-state index contributed by atoms with van der Waals surface area (Å²) in [5.74, 6) is 1.69. The SMILES string of the molecule is COc1ccc(NC(=O)Cc2csc(COc3ccc(C)nc3)n2)cc1OC. The van der Waals surface area contributed by atoms with Crippen molar-refractivity contribution >= 4 is 22.9 Å². The van der Waals surface area contributed by atoms with E-state index in [2.05, 4.69) is 15.3 Å². The number of aromatic nitrogens is 2. The molecular weight excluding hydrogens is 378 g/mol. The maximum atomic E-state index is 12.3. The number of carbonyl (C=O) groups is 1. The van der Waals surface area contributed by atoms with Gasteiger partial charge in [0.1, 0.15) is 17.4 Å². The van der Waals surface area contributed by atoms with E-state index in [4.69, 9.17) is 14.2 Å². The summed E-state index contributed by atoms with van der Waals surface area (Å²) in [6, 6.07) is 8.98. The summed E-state index contributed by atoms with van der Waals surface area (Å²) < 4.78 is 16.1. The molecule has 0 atom stereocenters.